The maximum absolute atomic E-state index is 12.5. The molecule has 8 nitrogen and oxygen atoms in total. The quantitative estimate of drug-likeness (QED) is 0.798. The van der Waals surface area contributed by atoms with Crippen molar-refractivity contribution in [3.05, 3.63) is 58.5 Å². The number of benzene rings is 1. The number of ether oxygens (including phenoxy) is 2. The molecule has 148 valence electrons. The average Bonchev–Trinajstić information content (AvgIpc) is 3.17. The van der Waals surface area contributed by atoms with Gasteiger partial charge in [0.25, 0.3) is 5.56 Å². The molecule has 2 aromatic rings. The molecule has 2 heterocycles. The van der Waals surface area contributed by atoms with Crippen molar-refractivity contribution >= 4 is 17.7 Å². The van der Waals surface area contributed by atoms with Crippen molar-refractivity contribution in [3.63, 3.8) is 0 Å². The first-order chi connectivity index (χ1) is 13.5. The Bertz CT molecular complexity index is 924. The molecule has 2 amide bonds. The SMILES string of the molecule is CCn1cccc(NC(=O)N2CCC(Oc3cccc(C(=O)OC)c3)C2)c1=O. The van der Waals surface area contributed by atoms with Crippen LogP contribution in [0.4, 0.5) is 10.5 Å². The highest BCUT2D eigenvalue weighted by Crippen LogP contribution is 2.20. The first-order valence-corrected chi connectivity index (χ1v) is 9.12. The van der Waals surface area contributed by atoms with E-state index in [-0.39, 0.29) is 23.4 Å². The number of hydrogen-bond acceptors (Lipinski definition) is 5. The smallest absolute Gasteiger partial charge is 0.337 e. The minimum Gasteiger partial charge on any atom is -0.488 e. The molecule has 1 aromatic carbocycles. The molecule has 0 bridgehead atoms. The van der Waals surface area contributed by atoms with Crippen LogP contribution in [-0.2, 0) is 11.3 Å². The monoisotopic (exact) mass is 385 g/mol. The fraction of sp³-hybridized carbons (Fsp3) is 0.350. The molecule has 1 unspecified atom stereocenters. The third-order valence-electron chi connectivity index (χ3n) is 4.59. The number of methoxy groups -OCH3 is 1. The van der Waals surface area contributed by atoms with Gasteiger partial charge in [-0.3, -0.25) is 4.79 Å². The van der Waals surface area contributed by atoms with Gasteiger partial charge < -0.3 is 24.3 Å². The van der Waals surface area contributed by atoms with E-state index in [0.717, 1.165) is 0 Å². The lowest BCUT2D eigenvalue weighted by Crippen LogP contribution is -2.36. The Morgan fingerprint density at radius 2 is 2.07 bits per heavy atom. The van der Waals surface area contributed by atoms with E-state index in [1.165, 1.54) is 11.7 Å². The van der Waals surface area contributed by atoms with Crippen molar-refractivity contribution in [3.8, 4) is 5.75 Å². The van der Waals surface area contributed by atoms with Gasteiger partial charge >= 0.3 is 12.0 Å². The molecule has 1 fully saturated rings. The lowest BCUT2D eigenvalue weighted by Gasteiger charge is -2.18. The number of pyridine rings is 1. The van der Waals surface area contributed by atoms with Crippen LogP contribution in [0.3, 0.4) is 0 Å². The number of carbonyl (C=O) groups excluding carboxylic acids is 2. The van der Waals surface area contributed by atoms with Crippen LogP contribution in [0.15, 0.2) is 47.4 Å². The molecular formula is C20H23N3O5. The number of anilines is 1. The highest BCUT2D eigenvalue weighted by atomic mass is 16.5. The Hall–Kier alpha value is -3.29. The second kappa shape index (κ2) is 8.60. The van der Waals surface area contributed by atoms with Crippen LogP contribution in [0.5, 0.6) is 5.75 Å². The third-order valence-corrected chi connectivity index (χ3v) is 4.59. The summed E-state index contributed by atoms with van der Waals surface area (Å²) in [5.74, 6) is 0.113. The molecule has 0 aliphatic carbocycles. The van der Waals surface area contributed by atoms with E-state index in [1.807, 2.05) is 6.92 Å². The summed E-state index contributed by atoms with van der Waals surface area (Å²) in [6.07, 6.45) is 2.14. The molecule has 8 heteroatoms. The normalized spacial score (nSPS) is 15.9. The number of hydrogen-bond donors (Lipinski definition) is 1. The molecule has 0 saturated carbocycles. The van der Waals surface area contributed by atoms with Gasteiger partial charge in [-0.05, 0) is 37.3 Å². The number of urea groups is 1. The summed E-state index contributed by atoms with van der Waals surface area (Å²) < 4.78 is 12.1. The number of aryl methyl sites for hydroxylation is 1. The van der Waals surface area contributed by atoms with Crippen LogP contribution in [0.2, 0.25) is 0 Å². The van der Waals surface area contributed by atoms with E-state index in [1.54, 1.807) is 47.5 Å². The van der Waals surface area contributed by atoms with Crippen LogP contribution in [0.25, 0.3) is 0 Å². The molecule has 1 aromatic heterocycles. The van der Waals surface area contributed by atoms with Crippen molar-refractivity contribution in [1.29, 1.82) is 0 Å². The van der Waals surface area contributed by atoms with Gasteiger partial charge in [-0.25, -0.2) is 9.59 Å². The van der Waals surface area contributed by atoms with E-state index >= 15 is 0 Å². The number of carbonyl (C=O) groups is 2. The van der Waals surface area contributed by atoms with Gasteiger partial charge in [0.05, 0.1) is 19.2 Å². The van der Waals surface area contributed by atoms with Crippen molar-refractivity contribution < 1.29 is 19.1 Å². The molecule has 1 N–H and O–H groups in total. The predicted octanol–water partition coefficient (Wildman–Crippen LogP) is 2.34. The second-order valence-electron chi connectivity index (χ2n) is 6.44. The molecule has 0 spiro atoms. The molecule has 0 radical (unpaired) electrons. The van der Waals surface area contributed by atoms with Crippen LogP contribution in [0.1, 0.15) is 23.7 Å². The van der Waals surface area contributed by atoms with Crippen LogP contribution in [-0.4, -0.2) is 47.8 Å². The largest absolute Gasteiger partial charge is 0.488 e. The first kappa shape index (κ1) is 19.5. The first-order valence-electron chi connectivity index (χ1n) is 9.12. The van der Waals surface area contributed by atoms with Crippen molar-refractivity contribution in [2.75, 3.05) is 25.5 Å². The Labute approximate surface area is 162 Å². The number of likely N-dealkylation sites (tertiary alicyclic amines) is 1. The zero-order chi connectivity index (χ0) is 20.1. The zero-order valence-corrected chi connectivity index (χ0v) is 15.9. The lowest BCUT2D eigenvalue weighted by atomic mass is 10.2. The Morgan fingerprint density at radius 1 is 1.25 bits per heavy atom. The second-order valence-corrected chi connectivity index (χ2v) is 6.44. The Balaban J connectivity index is 1.60. The molecule has 1 saturated heterocycles. The number of nitrogens with zero attached hydrogens (tertiary/aromatic N) is 2. The standard InChI is InChI=1S/C20H23N3O5/c1-3-22-10-5-8-17(18(22)24)21-20(26)23-11-9-16(13-23)28-15-7-4-6-14(12-15)19(25)27-2/h4-8,10,12,16H,3,9,11,13H2,1-2H3,(H,21,26). The molecule has 3 rings (SSSR count). The minimum atomic E-state index is -0.432. The van der Waals surface area contributed by atoms with Crippen LogP contribution < -0.4 is 15.6 Å². The van der Waals surface area contributed by atoms with E-state index < -0.39 is 5.97 Å². The van der Waals surface area contributed by atoms with E-state index in [9.17, 15) is 14.4 Å². The van der Waals surface area contributed by atoms with Gasteiger partial charge in [0, 0.05) is 25.7 Å². The molecule has 28 heavy (non-hydrogen) atoms. The summed E-state index contributed by atoms with van der Waals surface area (Å²) in [4.78, 5) is 38.0. The summed E-state index contributed by atoms with van der Waals surface area (Å²) in [5, 5.41) is 2.68. The van der Waals surface area contributed by atoms with E-state index in [2.05, 4.69) is 5.32 Å². The van der Waals surface area contributed by atoms with Gasteiger partial charge in [-0.2, -0.15) is 0 Å². The Morgan fingerprint density at radius 3 is 2.82 bits per heavy atom. The van der Waals surface area contributed by atoms with E-state index in [4.69, 9.17) is 9.47 Å². The fourth-order valence-corrected chi connectivity index (χ4v) is 3.09. The number of nitrogens with one attached hydrogen (secondary N) is 1. The number of amides is 2. The van der Waals surface area contributed by atoms with Gasteiger partial charge in [0.1, 0.15) is 17.5 Å². The predicted molar refractivity (Wildman–Crippen MR) is 104 cm³/mol. The zero-order valence-electron chi connectivity index (χ0n) is 15.9. The molecular weight excluding hydrogens is 362 g/mol. The third kappa shape index (κ3) is 4.33. The summed E-state index contributed by atoms with van der Waals surface area (Å²) in [7, 11) is 1.32. The molecule has 1 aliphatic heterocycles. The van der Waals surface area contributed by atoms with Gasteiger partial charge in [-0.15, -0.1) is 0 Å². The summed E-state index contributed by atoms with van der Waals surface area (Å²) >= 11 is 0. The molecule has 1 aliphatic rings. The highest BCUT2D eigenvalue weighted by Gasteiger charge is 2.28. The topological polar surface area (TPSA) is 89.9 Å². The maximum Gasteiger partial charge on any atom is 0.337 e. The minimum absolute atomic E-state index is 0.193. The van der Waals surface area contributed by atoms with Crippen molar-refractivity contribution in [2.45, 2.75) is 26.0 Å². The van der Waals surface area contributed by atoms with Gasteiger partial charge in [-0.1, -0.05) is 6.07 Å². The maximum atomic E-state index is 12.5. The van der Waals surface area contributed by atoms with Gasteiger partial charge in [0.15, 0.2) is 0 Å². The van der Waals surface area contributed by atoms with Crippen molar-refractivity contribution in [2.24, 2.45) is 0 Å². The lowest BCUT2D eigenvalue weighted by molar-refractivity contribution is 0.0600. The van der Waals surface area contributed by atoms with Gasteiger partial charge in [0.2, 0.25) is 0 Å². The molecule has 1 atom stereocenters. The van der Waals surface area contributed by atoms with Crippen molar-refractivity contribution in [1.82, 2.24) is 9.47 Å². The van der Waals surface area contributed by atoms with Crippen LogP contribution >= 0.6 is 0 Å². The Kier molecular flexibility index (Phi) is 5.98. The summed E-state index contributed by atoms with van der Waals surface area (Å²) in [5.41, 5.74) is 0.429. The number of aromatic nitrogens is 1. The fourth-order valence-electron chi connectivity index (χ4n) is 3.09. The number of esters is 1. The summed E-state index contributed by atoms with van der Waals surface area (Å²) in [6.45, 7) is 3.31. The highest BCUT2D eigenvalue weighted by molar-refractivity contribution is 5.90. The average molecular weight is 385 g/mol. The number of rotatable bonds is 5. The van der Waals surface area contributed by atoms with E-state index in [0.29, 0.717) is 37.4 Å². The van der Waals surface area contributed by atoms with Crippen LogP contribution in [0, 0.1) is 0 Å². The summed E-state index contributed by atoms with van der Waals surface area (Å²) in [6, 6.07) is 9.73.